The van der Waals surface area contributed by atoms with Gasteiger partial charge < -0.3 is 5.32 Å². The minimum atomic E-state index is -0.533. The Morgan fingerprint density at radius 1 is 1.21 bits per heavy atom. The summed E-state index contributed by atoms with van der Waals surface area (Å²) in [5.74, 6) is 0.213. The van der Waals surface area contributed by atoms with Gasteiger partial charge in [0.1, 0.15) is 11.6 Å². The van der Waals surface area contributed by atoms with Gasteiger partial charge in [-0.1, -0.05) is 6.92 Å². The zero-order valence-corrected chi connectivity index (χ0v) is 11.9. The third kappa shape index (κ3) is 3.90. The fourth-order valence-corrected chi connectivity index (χ4v) is 3.04. The Balaban J connectivity index is 1.99. The Morgan fingerprint density at radius 2 is 1.79 bits per heavy atom. The van der Waals surface area contributed by atoms with Crippen molar-refractivity contribution in [2.24, 2.45) is 5.92 Å². The normalized spacial score (nSPS) is 27.5. The van der Waals surface area contributed by atoms with Gasteiger partial charge in [-0.15, -0.1) is 11.6 Å². The SMILES string of the molecule is CC1CCC(CCl)(NCc2cc(F)cc(F)c2)CC1. The van der Waals surface area contributed by atoms with Crippen molar-refractivity contribution < 1.29 is 8.78 Å². The molecule has 19 heavy (non-hydrogen) atoms. The zero-order valence-electron chi connectivity index (χ0n) is 11.2. The van der Waals surface area contributed by atoms with Crippen LogP contribution in [0.4, 0.5) is 8.78 Å². The number of halogens is 3. The minimum Gasteiger partial charge on any atom is -0.306 e. The fourth-order valence-electron chi connectivity index (χ4n) is 2.67. The Labute approximate surface area is 118 Å². The summed E-state index contributed by atoms with van der Waals surface area (Å²) in [5.41, 5.74) is 0.539. The molecule has 0 aliphatic heterocycles. The molecular formula is C15H20ClF2N. The molecule has 1 N–H and O–H groups in total. The molecule has 0 atom stereocenters. The van der Waals surface area contributed by atoms with Gasteiger partial charge in [0.25, 0.3) is 0 Å². The van der Waals surface area contributed by atoms with Crippen molar-refractivity contribution in [3.05, 3.63) is 35.4 Å². The quantitative estimate of drug-likeness (QED) is 0.817. The van der Waals surface area contributed by atoms with E-state index < -0.39 is 11.6 Å². The van der Waals surface area contributed by atoms with Crippen LogP contribution >= 0.6 is 11.6 Å². The highest BCUT2D eigenvalue weighted by Crippen LogP contribution is 2.33. The number of rotatable bonds is 4. The summed E-state index contributed by atoms with van der Waals surface area (Å²) in [6.45, 7) is 2.70. The van der Waals surface area contributed by atoms with Crippen LogP contribution < -0.4 is 5.32 Å². The average Bonchev–Trinajstić information content (AvgIpc) is 2.38. The van der Waals surface area contributed by atoms with Crippen molar-refractivity contribution in [2.75, 3.05) is 5.88 Å². The molecule has 0 aromatic heterocycles. The second-order valence-corrected chi connectivity index (χ2v) is 5.99. The van der Waals surface area contributed by atoms with Gasteiger partial charge in [0.15, 0.2) is 0 Å². The van der Waals surface area contributed by atoms with Crippen LogP contribution in [0, 0.1) is 17.6 Å². The van der Waals surface area contributed by atoms with E-state index in [0.29, 0.717) is 18.0 Å². The van der Waals surface area contributed by atoms with Gasteiger partial charge in [-0.3, -0.25) is 0 Å². The lowest BCUT2D eigenvalue weighted by Gasteiger charge is -2.39. The molecule has 0 unspecified atom stereocenters. The molecule has 1 saturated carbocycles. The van der Waals surface area contributed by atoms with Crippen molar-refractivity contribution in [3.63, 3.8) is 0 Å². The van der Waals surface area contributed by atoms with Gasteiger partial charge in [0, 0.05) is 24.0 Å². The van der Waals surface area contributed by atoms with Gasteiger partial charge in [0.2, 0.25) is 0 Å². The van der Waals surface area contributed by atoms with Gasteiger partial charge in [-0.05, 0) is 49.3 Å². The number of nitrogens with one attached hydrogen (secondary N) is 1. The lowest BCUT2D eigenvalue weighted by atomic mass is 9.78. The first kappa shape index (κ1) is 14.7. The molecule has 106 valence electrons. The molecule has 0 heterocycles. The molecule has 1 nitrogen and oxygen atoms in total. The number of benzene rings is 1. The predicted molar refractivity (Wildman–Crippen MR) is 74.3 cm³/mol. The van der Waals surface area contributed by atoms with E-state index in [2.05, 4.69) is 12.2 Å². The van der Waals surface area contributed by atoms with Crippen molar-refractivity contribution >= 4 is 11.6 Å². The van der Waals surface area contributed by atoms with E-state index in [1.165, 1.54) is 12.1 Å². The maximum Gasteiger partial charge on any atom is 0.126 e. The number of alkyl halides is 1. The van der Waals surface area contributed by atoms with Gasteiger partial charge in [0.05, 0.1) is 0 Å². The molecule has 1 aliphatic rings. The molecule has 2 rings (SSSR count). The van der Waals surface area contributed by atoms with E-state index in [1.807, 2.05) is 0 Å². The first-order valence-corrected chi connectivity index (χ1v) is 7.32. The number of hydrogen-bond acceptors (Lipinski definition) is 1. The summed E-state index contributed by atoms with van der Waals surface area (Å²) in [7, 11) is 0. The second kappa shape index (κ2) is 6.19. The Bertz CT molecular complexity index is 408. The fraction of sp³-hybridized carbons (Fsp3) is 0.600. The van der Waals surface area contributed by atoms with Crippen LogP contribution in [0.3, 0.4) is 0 Å². The molecule has 0 saturated heterocycles. The van der Waals surface area contributed by atoms with Gasteiger partial charge in [-0.25, -0.2) is 8.78 Å². The average molecular weight is 288 g/mol. The van der Waals surface area contributed by atoms with E-state index in [1.54, 1.807) is 0 Å². The molecule has 0 amide bonds. The molecule has 4 heteroatoms. The summed E-state index contributed by atoms with van der Waals surface area (Å²) in [6, 6.07) is 3.62. The highest BCUT2D eigenvalue weighted by molar-refractivity contribution is 6.18. The highest BCUT2D eigenvalue weighted by Gasteiger charge is 2.32. The van der Waals surface area contributed by atoms with E-state index in [4.69, 9.17) is 11.6 Å². The summed E-state index contributed by atoms with van der Waals surface area (Å²) in [4.78, 5) is 0. The largest absolute Gasteiger partial charge is 0.306 e. The summed E-state index contributed by atoms with van der Waals surface area (Å²) in [5, 5.41) is 3.41. The Morgan fingerprint density at radius 3 is 2.32 bits per heavy atom. The van der Waals surface area contributed by atoms with Crippen LogP contribution in [0.5, 0.6) is 0 Å². The van der Waals surface area contributed by atoms with Crippen LogP contribution in [-0.2, 0) is 6.54 Å². The lowest BCUT2D eigenvalue weighted by Crippen LogP contribution is -2.49. The van der Waals surface area contributed by atoms with Crippen LogP contribution in [-0.4, -0.2) is 11.4 Å². The molecule has 0 radical (unpaired) electrons. The summed E-state index contributed by atoms with van der Waals surface area (Å²) in [6.07, 6.45) is 4.35. The first-order valence-electron chi connectivity index (χ1n) is 6.79. The van der Waals surface area contributed by atoms with Crippen LogP contribution in [0.1, 0.15) is 38.2 Å². The predicted octanol–water partition coefficient (Wildman–Crippen LogP) is 4.24. The summed E-state index contributed by atoms with van der Waals surface area (Å²) >= 11 is 6.10. The third-order valence-electron chi connectivity index (χ3n) is 4.08. The molecular weight excluding hydrogens is 268 g/mol. The summed E-state index contributed by atoms with van der Waals surface area (Å²) < 4.78 is 26.3. The molecule has 0 bridgehead atoms. The topological polar surface area (TPSA) is 12.0 Å². The lowest BCUT2D eigenvalue weighted by molar-refractivity contribution is 0.216. The Kier molecular flexibility index (Phi) is 4.80. The highest BCUT2D eigenvalue weighted by atomic mass is 35.5. The smallest absolute Gasteiger partial charge is 0.126 e. The minimum absolute atomic E-state index is 0.0864. The molecule has 1 aromatic carbocycles. The second-order valence-electron chi connectivity index (χ2n) is 5.73. The van der Waals surface area contributed by atoms with Crippen molar-refractivity contribution in [1.29, 1.82) is 0 Å². The molecule has 0 spiro atoms. The maximum atomic E-state index is 13.1. The van der Waals surface area contributed by atoms with Crippen LogP contribution in [0.25, 0.3) is 0 Å². The standard InChI is InChI=1S/C15H20ClF2N/c1-11-2-4-15(10-16,5-3-11)19-9-12-6-13(17)8-14(18)7-12/h6-8,11,19H,2-5,9-10H2,1H3. The van der Waals surface area contributed by atoms with Crippen LogP contribution in [0.15, 0.2) is 18.2 Å². The molecule has 1 fully saturated rings. The number of hydrogen-bond donors (Lipinski definition) is 1. The monoisotopic (exact) mass is 287 g/mol. The molecule has 1 aliphatic carbocycles. The molecule has 1 aromatic rings. The first-order chi connectivity index (χ1) is 9.03. The van der Waals surface area contributed by atoms with E-state index in [9.17, 15) is 8.78 Å². The van der Waals surface area contributed by atoms with Gasteiger partial charge >= 0.3 is 0 Å². The third-order valence-corrected chi connectivity index (χ3v) is 4.59. The Hall–Kier alpha value is -0.670. The van der Waals surface area contributed by atoms with E-state index in [-0.39, 0.29) is 5.54 Å². The van der Waals surface area contributed by atoms with Crippen molar-refractivity contribution in [3.8, 4) is 0 Å². The zero-order chi connectivity index (χ0) is 13.9. The van der Waals surface area contributed by atoms with E-state index in [0.717, 1.165) is 37.7 Å². The van der Waals surface area contributed by atoms with Crippen molar-refractivity contribution in [2.45, 2.75) is 44.7 Å². The van der Waals surface area contributed by atoms with E-state index >= 15 is 0 Å². The van der Waals surface area contributed by atoms with Crippen molar-refractivity contribution in [1.82, 2.24) is 5.32 Å². The van der Waals surface area contributed by atoms with Crippen LogP contribution in [0.2, 0.25) is 0 Å². The van der Waals surface area contributed by atoms with Gasteiger partial charge in [-0.2, -0.15) is 0 Å². The maximum absolute atomic E-state index is 13.1.